The molecule has 0 spiro atoms. The fourth-order valence-electron chi connectivity index (χ4n) is 1.49. The molecule has 0 aliphatic carbocycles. The molecule has 0 amide bonds. The summed E-state index contributed by atoms with van der Waals surface area (Å²) in [5.74, 6) is 0. The largest absolute Gasteiger partial charge is 0.380 e. The molecule has 0 bridgehead atoms. The van der Waals surface area contributed by atoms with Crippen LogP contribution < -0.4 is 0 Å². The first-order valence-corrected chi connectivity index (χ1v) is 7.02. The quantitative estimate of drug-likeness (QED) is 0.789. The molecule has 0 radical (unpaired) electrons. The van der Waals surface area contributed by atoms with E-state index in [1.807, 2.05) is 36.4 Å². The normalized spacial score (nSPS) is 14.8. The lowest BCUT2D eigenvalue weighted by molar-refractivity contribution is 0.106. The van der Waals surface area contributed by atoms with Crippen molar-refractivity contribution in [3.63, 3.8) is 0 Å². The molecule has 0 saturated carbocycles. The van der Waals surface area contributed by atoms with Crippen molar-refractivity contribution >= 4 is 45.5 Å². The highest BCUT2D eigenvalue weighted by molar-refractivity contribution is 14.1. The van der Waals surface area contributed by atoms with Gasteiger partial charge < -0.3 is 5.11 Å². The first kappa shape index (κ1) is 12.4. The van der Waals surface area contributed by atoms with Crippen LogP contribution in [0.25, 0.3) is 0 Å². The Kier molecular flexibility index (Phi) is 3.59. The molecular weight excluding hydrogens is 355 g/mol. The Morgan fingerprint density at radius 1 is 1.19 bits per heavy atom. The second kappa shape index (κ2) is 4.64. The minimum absolute atomic E-state index is 0.695. The third kappa shape index (κ3) is 2.42. The molecule has 0 saturated heterocycles. The number of hydrogen-bond donors (Lipinski definition) is 1. The first-order chi connectivity index (χ1) is 7.50. The summed E-state index contributed by atoms with van der Waals surface area (Å²) < 4.78 is 1.85. The maximum atomic E-state index is 10.5. The van der Waals surface area contributed by atoms with Crippen LogP contribution in [0.4, 0.5) is 0 Å². The van der Waals surface area contributed by atoms with Crippen molar-refractivity contribution in [1.82, 2.24) is 0 Å². The predicted molar refractivity (Wildman–Crippen MR) is 77.2 cm³/mol. The minimum atomic E-state index is -0.970. The number of thiophene rings is 1. The molecule has 1 aromatic heterocycles. The Morgan fingerprint density at radius 2 is 1.81 bits per heavy atom. The van der Waals surface area contributed by atoms with Gasteiger partial charge in [-0.2, -0.15) is 0 Å². The molecule has 1 nitrogen and oxygen atoms in total. The first-order valence-electron chi connectivity index (χ1n) is 4.74. The van der Waals surface area contributed by atoms with E-state index in [0.717, 1.165) is 14.0 Å². The molecule has 0 fully saturated rings. The highest BCUT2D eigenvalue weighted by Crippen LogP contribution is 2.35. The van der Waals surface area contributed by atoms with Crippen molar-refractivity contribution in [1.29, 1.82) is 0 Å². The van der Waals surface area contributed by atoms with Crippen LogP contribution in [0.5, 0.6) is 0 Å². The number of aliphatic hydroxyl groups is 1. The van der Waals surface area contributed by atoms with Crippen LogP contribution >= 0.6 is 45.5 Å². The van der Waals surface area contributed by atoms with Gasteiger partial charge in [-0.1, -0.05) is 23.7 Å². The van der Waals surface area contributed by atoms with Gasteiger partial charge in [-0.3, -0.25) is 0 Å². The zero-order chi connectivity index (χ0) is 11.8. The van der Waals surface area contributed by atoms with Gasteiger partial charge in [0.15, 0.2) is 0 Å². The van der Waals surface area contributed by atoms with Crippen molar-refractivity contribution in [3.05, 3.63) is 54.7 Å². The topological polar surface area (TPSA) is 20.2 Å². The summed E-state index contributed by atoms with van der Waals surface area (Å²) >= 11 is 9.54. The van der Waals surface area contributed by atoms with Crippen molar-refractivity contribution in [2.45, 2.75) is 12.5 Å². The average Bonchev–Trinajstić information content (AvgIpc) is 2.66. The Labute approximate surface area is 117 Å². The molecule has 1 unspecified atom stereocenters. The van der Waals surface area contributed by atoms with E-state index in [9.17, 15) is 5.11 Å². The Balaban J connectivity index is 2.42. The summed E-state index contributed by atoms with van der Waals surface area (Å²) in [6, 6.07) is 11.5. The molecular formula is C12H10ClIOS. The van der Waals surface area contributed by atoms with E-state index in [2.05, 4.69) is 22.6 Å². The molecule has 1 aromatic carbocycles. The Morgan fingerprint density at radius 3 is 2.31 bits per heavy atom. The summed E-state index contributed by atoms with van der Waals surface area (Å²) in [7, 11) is 0. The maximum absolute atomic E-state index is 10.5. The van der Waals surface area contributed by atoms with Gasteiger partial charge in [0, 0.05) is 8.45 Å². The standard InChI is InChI=1S/C12H10ClIOS/c1-12(15,10-6-7-11(13)16-10)8-2-4-9(14)5-3-8/h2-7,15H,1H3. The molecule has 2 rings (SSSR count). The summed E-state index contributed by atoms with van der Waals surface area (Å²) in [5.41, 5.74) is -0.0891. The van der Waals surface area contributed by atoms with Gasteiger partial charge in [0.2, 0.25) is 0 Å². The molecule has 1 N–H and O–H groups in total. The third-order valence-corrected chi connectivity index (χ3v) is 4.62. The van der Waals surface area contributed by atoms with Crippen molar-refractivity contribution in [3.8, 4) is 0 Å². The van der Waals surface area contributed by atoms with E-state index < -0.39 is 5.60 Å². The second-order valence-electron chi connectivity index (χ2n) is 3.68. The summed E-state index contributed by atoms with van der Waals surface area (Å²) in [6.07, 6.45) is 0. The summed E-state index contributed by atoms with van der Waals surface area (Å²) in [6.45, 7) is 1.79. The molecule has 0 aliphatic rings. The smallest absolute Gasteiger partial charge is 0.121 e. The Hall–Kier alpha value is -0.100. The highest BCUT2D eigenvalue weighted by atomic mass is 127. The third-order valence-electron chi connectivity index (χ3n) is 2.46. The van der Waals surface area contributed by atoms with Crippen molar-refractivity contribution in [2.75, 3.05) is 0 Å². The van der Waals surface area contributed by atoms with Crippen LogP contribution in [0.3, 0.4) is 0 Å². The second-order valence-corrected chi connectivity index (χ2v) is 6.64. The van der Waals surface area contributed by atoms with Gasteiger partial charge in [-0.05, 0) is 59.3 Å². The van der Waals surface area contributed by atoms with E-state index in [4.69, 9.17) is 11.6 Å². The van der Waals surface area contributed by atoms with Crippen LogP contribution in [0.1, 0.15) is 17.4 Å². The molecule has 0 aliphatic heterocycles. The predicted octanol–water partition coefficient (Wildman–Crippen LogP) is 4.26. The van der Waals surface area contributed by atoms with Crippen molar-refractivity contribution in [2.24, 2.45) is 0 Å². The minimum Gasteiger partial charge on any atom is -0.380 e. The zero-order valence-corrected chi connectivity index (χ0v) is 12.3. The molecule has 16 heavy (non-hydrogen) atoms. The molecule has 84 valence electrons. The van der Waals surface area contributed by atoms with Crippen LogP contribution in [-0.4, -0.2) is 5.11 Å². The molecule has 2 aromatic rings. The number of halogens is 2. The van der Waals surface area contributed by atoms with E-state index in [-0.39, 0.29) is 0 Å². The summed E-state index contributed by atoms with van der Waals surface area (Å²) in [4.78, 5) is 0.860. The molecule has 1 atom stereocenters. The number of hydrogen-bond acceptors (Lipinski definition) is 2. The van der Waals surface area contributed by atoms with Crippen LogP contribution in [0, 0.1) is 3.57 Å². The number of rotatable bonds is 2. The van der Waals surface area contributed by atoms with Gasteiger partial charge in [-0.25, -0.2) is 0 Å². The van der Waals surface area contributed by atoms with Crippen LogP contribution in [-0.2, 0) is 5.60 Å². The van der Waals surface area contributed by atoms with E-state index in [1.54, 1.807) is 6.92 Å². The van der Waals surface area contributed by atoms with Crippen LogP contribution in [0.2, 0.25) is 4.34 Å². The lowest BCUT2D eigenvalue weighted by atomic mass is 9.94. The van der Waals surface area contributed by atoms with Crippen molar-refractivity contribution < 1.29 is 5.11 Å². The lowest BCUT2D eigenvalue weighted by Crippen LogP contribution is -2.21. The van der Waals surface area contributed by atoms with E-state index >= 15 is 0 Å². The number of benzene rings is 1. The van der Waals surface area contributed by atoms with Gasteiger partial charge >= 0.3 is 0 Å². The Bertz CT molecular complexity index is 490. The fourth-order valence-corrected chi connectivity index (χ4v) is 2.96. The van der Waals surface area contributed by atoms with Crippen LogP contribution in [0.15, 0.2) is 36.4 Å². The fraction of sp³-hybridized carbons (Fsp3) is 0.167. The van der Waals surface area contributed by atoms with Gasteiger partial charge in [0.25, 0.3) is 0 Å². The van der Waals surface area contributed by atoms with Gasteiger partial charge in [0.1, 0.15) is 5.60 Å². The van der Waals surface area contributed by atoms with E-state index in [0.29, 0.717) is 4.34 Å². The average molecular weight is 365 g/mol. The highest BCUT2D eigenvalue weighted by Gasteiger charge is 2.27. The zero-order valence-electron chi connectivity index (χ0n) is 8.58. The van der Waals surface area contributed by atoms with Gasteiger partial charge in [-0.15, -0.1) is 11.3 Å². The lowest BCUT2D eigenvalue weighted by Gasteiger charge is -2.22. The SMILES string of the molecule is CC(O)(c1ccc(I)cc1)c1ccc(Cl)s1. The molecule has 4 heteroatoms. The summed E-state index contributed by atoms with van der Waals surface area (Å²) in [5, 5.41) is 10.5. The van der Waals surface area contributed by atoms with Gasteiger partial charge in [0.05, 0.1) is 4.34 Å². The monoisotopic (exact) mass is 364 g/mol. The maximum Gasteiger partial charge on any atom is 0.121 e. The van der Waals surface area contributed by atoms with E-state index in [1.165, 1.54) is 11.3 Å². The molecule has 1 heterocycles.